The van der Waals surface area contributed by atoms with Gasteiger partial charge in [-0.3, -0.25) is 9.36 Å². The zero-order valence-corrected chi connectivity index (χ0v) is 13.8. The van der Waals surface area contributed by atoms with Crippen molar-refractivity contribution in [1.29, 1.82) is 0 Å². The first kappa shape index (κ1) is 18.8. The largest absolute Gasteiger partial charge is 0.486 e. The molecule has 2 rings (SSSR count). The predicted octanol–water partition coefficient (Wildman–Crippen LogP) is 2.64. The molecule has 134 valence electrons. The number of nitrogens with zero attached hydrogens (tertiary/aromatic N) is 3. The molecule has 1 amide bonds. The Morgan fingerprint density at radius 3 is 2.80 bits per heavy atom. The SMILES string of the molecule is C=CCn1c(COc2cccc(C(F)(F)F)c2)nnc1SCC(N)=O. The number of benzene rings is 1. The number of nitrogens with two attached hydrogens (primary N) is 1. The fraction of sp³-hybridized carbons (Fsp3) is 0.267. The van der Waals surface area contributed by atoms with Crippen LogP contribution in [-0.4, -0.2) is 26.4 Å². The third kappa shape index (κ3) is 5.24. The van der Waals surface area contributed by atoms with Gasteiger partial charge in [0.1, 0.15) is 12.4 Å². The Labute approximate surface area is 145 Å². The monoisotopic (exact) mass is 372 g/mol. The van der Waals surface area contributed by atoms with Crippen LogP contribution in [-0.2, 0) is 24.1 Å². The number of alkyl halides is 3. The maximum absolute atomic E-state index is 12.7. The number of rotatable bonds is 8. The number of carbonyl (C=O) groups is 1. The molecule has 0 radical (unpaired) electrons. The van der Waals surface area contributed by atoms with Crippen molar-refractivity contribution in [1.82, 2.24) is 14.8 Å². The van der Waals surface area contributed by atoms with Crippen LogP contribution in [0.5, 0.6) is 5.75 Å². The van der Waals surface area contributed by atoms with Crippen molar-refractivity contribution in [3.05, 3.63) is 48.3 Å². The Hall–Kier alpha value is -2.49. The normalized spacial score (nSPS) is 11.3. The van der Waals surface area contributed by atoms with Crippen molar-refractivity contribution in [2.75, 3.05) is 5.75 Å². The molecule has 10 heteroatoms. The lowest BCUT2D eigenvalue weighted by atomic mass is 10.2. The number of hydrogen-bond acceptors (Lipinski definition) is 5. The van der Waals surface area contributed by atoms with E-state index in [0.29, 0.717) is 17.5 Å². The fourth-order valence-corrected chi connectivity index (χ4v) is 2.60. The van der Waals surface area contributed by atoms with Gasteiger partial charge < -0.3 is 10.5 Å². The number of hydrogen-bond donors (Lipinski definition) is 1. The van der Waals surface area contributed by atoms with E-state index in [1.807, 2.05) is 0 Å². The van der Waals surface area contributed by atoms with E-state index in [2.05, 4.69) is 16.8 Å². The average Bonchev–Trinajstić information content (AvgIpc) is 2.93. The minimum atomic E-state index is -4.44. The molecule has 0 aliphatic carbocycles. The molecule has 0 spiro atoms. The number of thioether (sulfide) groups is 1. The topological polar surface area (TPSA) is 83.0 Å². The minimum absolute atomic E-state index is 0.0315. The molecule has 6 nitrogen and oxygen atoms in total. The van der Waals surface area contributed by atoms with Crippen molar-refractivity contribution in [2.45, 2.75) is 24.5 Å². The van der Waals surface area contributed by atoms with Gasteiger partial charge in [-0.05, 0) is 18.2 Å². The number of ether oxygens (including phenoxy) is 1. The summed E-state index contributed by atoms with van der Waals surface area (Å²) in [4.78, 5) is 10.9. The zero-order chi connectivity index (χ0) is 18.4. The molecule has 0 saturated heterocycles. The standard InChI is InChI=1S/C15H15F3N4O2S/c1-2-6-22-13(20-21-14(22)25-9-12(19)23)8-24-11-5-3-4-10(7-11)15(16,17)18/h2-5,7H,1,6,8-9H2,(H2,19,23). The number of primary amides is 1. The zero-order valence-electron chi connectivity index (χ0n) is 13.0. The van der Waals surface area contributed by atoms with E-state index in [4.69, 9.17) is 10.5 Å². The molecular weight excluding hydrogens is 357 g/mol. The summed E-state index contributed by atoms with van der Waals surface area (Å²) in [6, 6.07) is 4.57. The highest BCUT2D eigenvalue weighted by atomic mass is 32.2. The van der Waals surface area contributed by atoms with Gasteiger partial charge >= 0.3 is 6.18 Å². The molecule has 0 unspecified atom stereocenters. The average molecular weight is 372 g/mol. The molecule has 2 N–H and O–H groups in total. The van der Waals surface area contributed by atoms with E-state index in [1.54, 1.807) is 10.6 Å². The molecule has 0 atom stereocenters. The maximum Gasteiger partial charge on any atom is 0.416 e. The van der Waals surface area contributed by atoms with Crippen LogP contribution in [0.3, 0.4) is 0 Å². The summed E-state index contributed by atoms with van der Waals surface area (Å²) < 4.78 is 45.2. The van der Waals surface area contributed by atoms with Crippen LogP contribution in [0.2, 0.25) is 0 Å². The van der Waals surface area contributed by atoms with E-state index < -0.39 is 17.6 Å². The lowest BCUT2D eigenvalue weighted by Gasteiger charge is -2.11. The summed E-state index contributed by atoms with van der Waals surface area (Å²) in [5.41, 5.74) is 4.31. The van der Waals surface area contributed by atoms with Gasteiger partial charge in [0.2, 0.25) is 5.91 Å². The molecule has 0 aliphatic heterocycles. The second kappa shape index (κ2) is 8.06. The van der Waals surface area contributed by atoms with E-state index in [1.165, 1.54) is 12.1 Å². The van der Waals surface area contributed by atoms with Crippen LogP contribution >= 0.6 is 11.8 Å². The molecule has 1 aromatic carbocycles. The highest BCUT2D eigenvalue weighted by Crippen LogP contribution is 2.31. The Balaban J connectivity index is 2.12. The Morgan fingerprint density at radius 1 is 1.40 bits per heavy atom. The quantitative estimate of drug-likeness (QED) is 0.569. The van der Waals surface area contributed by atoms with Crippen molar-refractivity contribution in [3.63, 3.8) is 0 Å². The second-order valence-corrected chi connectivity index (χ2v) is 5.81. The molecule has 0 aliphatic rings. The highest BCUT2D eigenvalue weighted by molar-refractivity contribution is 7.99. The van der Waals surface area contributed by atoms with Gasteiger partial charge in [-0.2, -0.15) is 13.2 Å². The molecule has 0 saturated carbocycles. The number of allylic oxidation sites excluding steroid dienone is 1. The van der Waals surface area contributed by atoms with Crippen molar-refractivity contribution >= 4 is 17.7 Å². The van der Waals surface area contributed by atoms with Gasteiger partial charge in [0.15, 0.2) is 11.0 Å². The summed E-state index contributed by atoms with van der Waals surface area (Å²) in [5.74, 6) is -0.0115. The summed E-state index contributed by atoms with van der Waals surface area (Å²) in [6.07, 6.45) is -2.84. The second-order valence-electron chi connectivity index (χ2n) is 4.87. The first-order chi connectivity index (χ1) is 11.8. The van der Waals surface area contributed by atoms with Crippen molar-refractivity contribution in [2.24, 2.45) is 5.73 Å². The first-order valence-electron chi connectivity index (χ1n) is 7.05. The van der Waals surface area contributed by atoms with Crippen LogP contribution in [0.25, 0.3) is 0 Å². The lowest BCUT2D eigenvalue weighted by Crippen LogP contribution is -2.14. The number of amides is 1. The molecule has 0 bridgehead atoms. The lowest BCUT2D eigenvalue weighted by molar-refractivity contribution is -0.137. The van der Waals surface area contributed by atoms with Crippen LogP contribution in [0.1, 0.15) is 11.4 Å². The van der Waals surface area contributed by atoms with Crippen LogP contribution in [0, 0.1) is 0 Å². The summed E-state index contributed by atoms with van der Waals surface area (Å²) in [6.45, 7) is 3.90. The highest BCUT2D eigenvalue weighted by Gasteiger charge is 2.30. The first-order valence-corrected chi connectivity index (χ1v) is 8.04. The van der Waals surface area contributed by atoms with Gasteiger partial charge in [-0.25, -0.2) is 0 Å². The van der Waals surface area contributed by atoms with Crippen molar-refractivity contribution < 1.29 is 22.7 Å². The van der Waals surface area contributed by atoms with Gasteiger partial charge in [-0.1, -0.05) is 23.9 Å². The van der Waals surface area contributed by atoms with E-state index in [-0.39, 0.29) is 18.1 Å². The Bertz CT molecular complexity index is 761. The third-order valence-corrected chi connectivity index (χ3v) is 3.97. The Morgan fingerprint density at radius 2 is 2.16 bits per heavy atom. The fourth-order valence-electron chi connectivity index (χ4n) is 1.89. The van der Waals surface area contributed by atoms with Crippen molar-refractivity contribution in [3.8, 4) is 5.75 Å². The molecular formula is C15H15F3N4O2S. The van der Waals surface area contributed by atoms with Crippen LogP contribution in [0.4, 0.5) is 13.2 Å². The summed E-state index contributed by atoms with van der Waals surface area (Å²) >= 11 is 1.11. The van der Waals surface area contributed by atoms with Gasteiger partial charge in [-0.15, -0.1) is 16.8 Å². The van der Waals surface area contributed by atoms with E-state index >= 15 is 0 Å². The summed E-state index contributed by atoms with van der Waals surface area (Å²) in [5, 5.41) is 8.33. The molecule has 25 heavy (non-hydrogen) atoms. The minimum Gasteiger partial charge on any atom is -0.486 e. The van der Waals surface area contributed by atoms with Gasteiger partial charge in [0.25, 0.3) is 0 Å². The maximum atomic E-state index is 12.7. The van der Waals surface area contributed by atoms with E-state index in [0.717, 1.165) is 23.9 Å². The van der Waals surface area contributed by atoms with Gasteiger partial charge in [0.05, 0.1) is 11.3 Å². The molecule has 0 fully saturated rings. The molecule has 1 heterocycles. The smallest absolute Gasteiger partial charge is 0.416 e. The van der Waals surface area contributed by atoms with Crippen LogP contribution < -0.4 is 10.5 Å². The van der Waals surface area contributed by atoms with E-state index in [9.17, 15) is 18.0 Å². The Kier molecular flexibility index (Phi) is 6.07. The number of carbonyl (C=O) groups excluding carboxylic acids is 1. The predicted molar refractivity (Wildman–Crippen MR) is 85.9 cm³/mol. The summed E-state index contributed by atoms with van der Waals surface area (Å²) in [7, 11) is 0. The van der Waals surface area contributed by atoms with Crippen LogP contribution in [0.15, 0.2) is 42.1 Å². The third-order valence-electron chi connectivity index (χ3n) is 2.98. The number of halogens is 3. The molecule has 2 aromatic rings. The van der Waals surface area contributed by atoms with Gasteiger partial charge in [0, 0.05) is 6.54 Å². The molecule has 1 aromatic heterocycles. The number of aromatic nitrogens is 3.